The van der Waals surface area contributed by atoms with Gasteiger partial charge in [-0.15, -0.1) is 0 Å². The first-order valence-electron chi connectivity index (χ1n) is 11.3. The molecule has 3 saturated carbocycles. The lowest BCUT2D eigenvalue weighted by atomic mass is 9.47. The van der Waals surface area contributed by atoms with E-state index in [9.17, 15) is 5.11 Å². The van der Waals surface area contributed by atoms with Crippen LogP contribution in [-0.2, 0) is 0 Å². The van der Waals surface area contributed by atoms with Gasteiger partial charge in [-0.3, -0.25) is 0 Å². The molecule has 0 aromatic carbocycles. The summed E-state index contributed by atoms with van der Waals surface area (Å²) in [6.07, 6.45) is 15.6. The molecule has 0 spiro atoms. The molecule has 4 aliphatic rings. The molecular weight excluding hydrogens is 304 g/mol. The van der Waals surface area contributed by atoms with Crippen LogP contribution in [0.25, 0.3) is 0 Å². The van der Waals surface area contributed by atoms with Crippen LogP contribution in [0.2, 0.25) is 0 Å². The molecule has 1 N–H and O–H groups in total. The van der Waals surface area contributed by atoms with E-state index in [1.54, 1.807) is 5.57 Å². The second kappa shape index (κ2) is 6.39. The van der Waals surface area contributed by atoms with Crippen LogP contribution in [0.15, 0.2) is 11.6 Å². The van der Waals surface area contributed by atoms with E-state index in [1.807, 2.05) is 0 Å². The molecule has 0 bridgehead atoms. The minimum atomic E-state index is -0.0736. The lowest BCUT2D eigenvalue weighted by molar-refractivity contribution is -0.0571. The van der Waals surface area contributed by atoms with Crippen molar-refractivity contribution in [3.8, 4) is 0 Å². The summed E-state index contributed by atoms with van der Waals surface area (Å²) < 4.78 is 0. The zero-order valence-corrected chi connectivity index (χ0v) is 17.1. The topological polar surface area (TPSA) is 20.2 Å². The van der Waals surface area contributed by atoms with Crippen molar-refractivity contribution in [2.75, 3.05) is 0 Å². The Kier molecular flexibility index (Phi) is 4.63. The van der Waals surface area contributed by atoms with Gasteiger partial charge in [0.25, 0.3) is 0 Å². The van der Waals surface area contributed by atoms with Gasteiger partial charge in [0.1, 0.15) is 0 Å². The van der Waals surface area contributed by atoms with Crippen LogP contribution in [-0.4, -0.2) is 11.2 Å². The Balaban J connectivity index is 1.60. The van der Waals surface area contributed by atoms with Gasteiger partial charge in [-0.2, -0.15) is 0 Å². The van der Waals surface area contributed by atoms with E-state index in [1.165, 1.54) is 51.4 Å². The van der Waals surface area contributed by atoms with E-state index < -0.39 is 0 Å². The second-order valence-corrected chi connectivity index (χ2v) is 10.7. The third-order valence-corrected chi connectivity index (χ3v) is 9.58. The predicted molar refractivity (Wildman–Crippen MR) is 105 cm³/mol. The predicted octanol–water partition coefficient (Wildman–Crippen LogP) is 6.36. The smallest absolute Gasteiger partial charge is 0.0577 e. The maximum atomic E-state index is 10.2. The summed E-state index contributed by atoms with van der Waals surface area (Å²) in [7, 11) is 0. The Bertz CT molecular complexity index is 536. The van der Waals surface area contributed by atoms with Crippen molar-refractivity contribution in [2.24, 2.45) is 40.4 Å². The molecule has 0 aromatic rings. The minimum absolute atomic E-state index is 0.0736. The van der Waals surface area contributed by atoms with Gasteiger partial charge in [0.2, 0.25) is 0 Å². The van der Waals surface area contributed by atoms with E-state index in [0.29, 0.717) is 10.8 Å². The number of fused-ring (bicyclic) bond motifs is 5. The molecule has 0 heterocycles. The zero-order valence-electron chi connectivity index (χ0n) is 17.1. The van der Waals surface area contributed by atoms with Gasteiger partial charge in [0.05, 0.1) is 6.10 Å². The highest BCUT2D eigenvalue weighted by Gasteiger charge is 2.58. The Labute approximate surface area is 155 Å². The molecule has 1 unspecified atom stereocenters. The monoisotopic (exact) mass is 344 g/mol. The van der Waals surface area contributed by atoms with E-state index in [-0.39, 0.29) is 6.10 Å². The largest absolute Gasteiger partial charge is 0.393 e. The first kappa shape index (κ1) is 18.1. The second-order valence-electron chi connectivity index (χ2n) is 10.7. The molecule has 4 rings (SSSR count). The number of hydrogen-bond acceptors (Lipinski definition) is 1. The van der Waals surface area contributed by atoms with Crippen LogP contribution >= 0.6 is 0 Å². The number of aliphatic hydroxyl groups excluding tert-OH is 1. The fourth-order valence-electron chi connectivity index (χ4n) is 8.27. The van der Waals surface area contributed by atoms with Crippen LogP contribution < -0.4 is 0 Å². The Morgan fingerprint density at radius 1 is 1.12 bits per heavy atom. The van der Waals surface area contributed by atoms with Gasteiger partial charge in [-0.1, -0.05) is 52.2 Å². The summed E-state index contributed by atoms with van der Waals surface area (Å²) in [5, 5.41) is 10.2. The lowest BCUT2D eigenvalue weighted by Crippen LogP contribution is -2.50. The van der Waals surface area contributed by atoms with Crippen LogP contribution in [0.5, 0.6) is 0 Å². The van der Waals surface area contributed by atoms with E-state index >= 15 is 0 Å². The van der Waals surface area contributed by atoms with Crippen molar-refractivity contribution >= 4 is 0 Å². The summed E-state index contributed by atoms with van der Waals surface area (Å²) in [5.74, 6) is 4.63. The Morgan fingerprint density at radius 2 is 1.92 bits per heavy atom. The fraction of sp³-hybridized carbons (Fsp3) is 0.917. The highest BCUT2D eigenvalue weighted by atomic mass is 16.3. The van der Waals surface area contributed by atoms with Crippen LogP contribution in [0.4, 0.5) is 0 Å². The Hall–Kier alpha value is -0.300. The van der Waals surface area contributed by atoms with Gasteiger partial charge in [0, 0.05) is 0 Å². The third kappa shape index (κ3) is 2.67. The number of rotatable bonds is 3. The summed E-state index contributed by atoms with van der Waals surface area (Å²) in [6.45, 7) is 10.1. The molecule has 0 aromatic heterocycles. The normalized spacial score (nSPS) is 50.4. The molecule has 0 amide bonds. The molecule has 4 aliphatic carbocycles. The number of aliphatic hydroxyl groups is 1. The van der Waals surface area contributed by atoms with Crippen molar-refractivity contribution in [1.29, 1.82) is 0 Å². The lowest BCUT2D eigenvalue weighted by Gasteiger charge is -2.58. The standard InChI is InChI=1S/C24H40O/c1-5-6-16(2)20-9-10-21-19-8-7-17-15-18(25)11-13-23(17,3)22(19)12-14-24(20,21)4/h7,16,18-22,25H,5-6,8-15H2,1-4H3/t16?,18-,19-,20+,21-,22-,23-,24+/m0/s1. The zero-order chi connectivity index (χ0) is 17.8. The van der Waals surface area contributed by atoms with Crippen molar-refractivity contribution in [3.05, 3.63) is 11.6 Å². The van der Waals surface area contributed by atoms with E-state index in [2.05, 4.69) is 33.8 Å². The highest BCUT2D eigenvalue weighted by Crippen LogP contribution is 2.67. The van der Waals surface area contributed by atoms with Crippen molar-refractivity contribution < 1.29 is 5.11 Å². The Morgan fingerprint density at radius 3 is 2.68 bits per heavy atom. The summed E-state index contributed by atoms with van der Waals surface area (Å²) in [6, 6.07) is 0. The average Bonchev–Trinajstić information content (AvgIpc) is 2.93. The van der Waals surface area contributed by atoms with Crippen LogP contribution in [0, 0.1) is 40.4 Å². The van der Waals surface area contributed by atoms with Gasteiger partial charge < -0.3 is 5.11 Å². The fourth-order valence-corrected chi connectivity index (χ4v) is 8.27. The first-order chi connectivity index (χ1) is 11.9. The number of hydrogen-bond donors (Lipinski definition) is 1. The molecule has 142 valence electrons. The van der Waals surface area contributed by atoms with E-state index in [0.717, 1.165) is 42.4 Å². The third-order valence-electron chi connectivity index (χ3n) is 9.58. The minimum Gasteiger partial charge on any atom is -0.393 e. The first-order valence-corrected chi connectivity index (χ1v) is 11.3. The summed E-state index contributed by atoms with van der Waals surface area (Å²) in [5.41, 5.74) is 2.62. The molecule has 0 saturated heterocycles. The summed E-state index contributed by atoms with van der Waals surface area (Å²) >= 11 is 0. The molecule has 1 heteroatoms. The van der Waals surface area contributed by atoms with Gasteiger partial charge in [-0.05, 0) is 91.8 Å². The van der Waals surface area contributed by atoms with Gasteiger partial charge in [0.15, 0.2) is 0 Å². The average molecular weight is 345 g/mol. The number of allylic oxidation sites excluding steroid dienone is 1. The molecule has 8 atom stereocenters. The summed E-state index contributed by atoms with van der Waals surface area (Å²) in [4.78, 5) is 0. The molecule has 0 radical (unpaired) electrons. The van der Waals surface area contributed by atoms with E-state index in [4.69, 9.17) is 0 Å². The van der Waals surface area contributed by atoms with Gasteiger partial charge >= 0.3 is 0 Å². The molecular formula is C24H40O. The molecule has 0 aliphatic heterocycles. The van der Waals surface area contributed by atoms with Gasteiger partial charge in [-0.25, -0.2) is 0 Å². The quantitative estimate of drug-likeness (QED) is 0.590. The maximum Gasteiger partial charge on any atom is 0.0577 e. The molecule has 3 fully saturated rings. The SMILES string of the molecule is CCCC(C)[C@H]1CC[C@H]2[C@@H]3CC=C4C[C@@H](O)CC[C@]4(C)[C@H]3CC[C@]12C. The van der Waals surface area contributed by atoms with Crippen molar-refractivity contribution in [3.63, 3.8) is 0 Å². The van der Waals surface area contributed by atoms with Crippen LogP contribution in [0.3, 0.4) is 0 Å². The van der Waals surface area contributed by atoms with Crippen LogP contribution in [0.1, 0.15) is 91.9 Å². The maximum absolute atomic E-state index is 10.2. The highest BCUT2D eigenvalue weighted by molar-refractivity contribution is 5.25. The van der Waals surface area contributed by atoms with Crippen molar-refractivity contribution in [1.82, 2.24) is 0 Å². The van der Waals surface area contributed by atoms with Crippen molar-refractivity contribution in [2.45, 2.75) is 98.0 Å². The molecule has 1 nitrogen and oxygen atoms in total. The molecule has 25 heavy (non-hydrogen) atoms.